The highest BCUT2D eigenvalue weighted by molar-refractivity contribution is 5.94. The summed E-state index contributed by atoms with van der Waals surface area (Å²) in [4.78, 5) is 14.3. The second kappa shape index (κ2) is 6.01. The van der Waals surface area contributed by atoms with Gasteiger partial charge >= 0.3 is 0 Å². The molecule has 1 saturated carbocycles. The van der Waals surface area contributed by atoms with Crippen molar-refractivity contribution in [2.45, 2.75) is 31.7 Å². The van der Waals surface area contributed by atoms with E-state index in [-0.39, 0.29) is 5.91 Å². The van der Waals surface area contributed by atoms with Crippen molar-refractivity contribution in [1.82, 2.24) is 4.90 Å². The van der Waals surface area contributed by atoms with Crippen molar-refractivity contribution in [3.05, 3.63) is 35.9 Å². The Balaban J connectivity index is 2.10. The van der Waals surface area contributed by atoms with E-state index >= 15 is 0 Å². The average Bonchev–Trinajstić information content (AvgIpc) is 2.46. The molecule has 2 rings (SSSR count). The molecule has 1 aromatic rings. The molecule has 1 aliphatic rings. The Labute approximate surface area is 109 Å². The van der Waals surface area contributed by atoms with Gasteiger partial charge in [-0.25, -0.2) is 0 Å². The minimum Gasteiger partial charge on any atom is -0.338 e. The molecule has 18 heavy (non-hydrogen) atoms. The number of rotatable bonds is 3. The van der Waals surface area contributed by atoms with Gasteiger partial charge in [-0.15, -0.1) is 0 Å². The van der Waals surface area contributed by atoms with Crippen molar-refractivity contribution in [2.75, 3.05) is 13.6 Å². The maximum atomic E-state index is 12.4. The molecule has 2 N–H and O–H groups in total. The first-order valence-corrected chi connectivity index (χ1v) is 6.76. The highest BCUT2D eigenvalue weighted by atomic mass is 16.2. The Kier molecular flexibility index (Phi) is 4.37. The van der Waals surface area contributed by atoms with Crippen LogP contribution in [-0.4, -0.2) is 30.4 Å². The molecule has 0 heterocycles. The first-order valence-electron chi connectivity index (χ1n) is 6.76. The van der Waals surface area contributed by atoms with Crippen LogP contribution >= 0.6 is 0 Å². The predicted molar refractivity (Wildman–Crippen MR) is 73.3 cm³/mol. The lowest BCUT2D eigenvalue weighted by atomic mass is 9.83. The summed E-state index contributed by atoms with van der Waals surface area (Å²) in [6.07, 6.45) is 4.67. The topological polar surface area (TPSA) is 46.3 Å². The number of hydrogen-bond acceptors (Lipinski definition) is 2. The van der Waals surface area contributed by atoms with Crippen molar-refractivity contribution in [2.24, 2.45) is 11.7 Å². The van der Waals surface area contributed by atoms with Crippen molar-refractivity contribution in [3.8, 4) is 0 Å². The van der Waals surface area contributed by atoms with Gasteiger partial charge in [0.1, 0.15) is 0 Å². The Morgan fingerprint density at radius 1 is 1.28 bits per heavy atom. The van der Waals surface area contributed by atoms with E-state index in [1.54, 1.807) is 0 Å². The third-order valence-electron chi connectivity index (χ3n) is 4.01. The van der Waals surface area contributed by atoms with Gasteiger partial charge in [-0.05, 0) is 37.4 Å². The van der Waals surface area contributed by atoms with Crippen LogP contribution in [0.2, 0.25) is 0 Å². The summed E-state index contributed by atoms with van der Waals surface area (Å²) in [6.45, 7) is 0.678. The lowest BCUT2D eigenvalue weighted by Crippen LogP contribution is -2.45. The zero-order chi connectivity index (χ0) is 13.0. The Morgan fingerprint density at radius 2 is 1.94 bits per heavy atom. The number of benzene rings is 1. The molecule has 1 aliphatic carbocycles. The van der Waals surface area contributed by atoms with Crippen molar-refractivity contribution >= 4 is 5.91 Å². The third kappa shape index (κ3) is 2.72. The summed E-state index contributed by atoms with van der Waals surface area (Å²) in [5.74, 6) is 0.567. The van der Waals surface area contributed by atoms with Crippen LogP contribution in [0.4, 0.5) is 0 Å². The molecule has 2 atom stereocenters. The van der Waals surface area contributed by atoms with Gasteiger partial charge in [-0.2, -0.15) is 0 Å². The standard InChI is InChI=1S/C15H22N2O/c1-17(14-10-6-5-9-13(14)11-16)15(18)12-7-3-2-4-8-12/h2-4,7-8,13-14H,5-6,9-11,16H2,1H3. The van der Waals surface area contributed by atoms with Gasteiger partial charge in [0.25, 0.3) is 5.91 Å². The number of nitrogens with zero attached hydrogens (tertiary/aromatic N) is 1. The van der Waals surface area contributed by atoms with Crippen LogP contribution in [0.3, 0.4) is 0 Å². The van der Waals surface area contributed by atoms with E-state index in [1.807, 2.05) is 42.3 Å². The van der Waals surface area contributed by atoms with E-state index in [4.69, 9.17) is 5.73 Å². The Bertz CT molecular complexity index is 391. The van der Waals surface area contributed by atoms with Gasteiger partial charge < -0.3 is 10.6 Å². The molecule has 0 spiro atoms. The molecule has 2 unspecified atom stereocenters. The molecule has 0 radical (unpaired) electrons. The molecule has 3 heteroatoms. The van der Waals surface area contributed by atoms with Crippen LogP contribution < -0.4 is 5.73 Å². The monoisotopic (exact) mass is 246 g/mol. The molecular weight excluding hydrogens is 224 g/mol. The molecule has 3 nitrogen and oxygen atoms in total. The van der Waals surface area contributed by atoms with Crippen LogP contribution in [-0.2, 0) is 0 Å². The van der Waals surface area contributed by atoms with Crippen molar-refractivity contribution in [3.63, 3.8) is 0 Å². The molecule has 0 saturated heterocycles. The van der Waals surface area contributed by atoms with Crippen molar-refractivity contribution in [1.29, 1.82) is 0 Å². The fourth-order valence-corrected chi connectivity index (χ4v) is 2.91. The van der Waals surface area contributed by atoms with Crippen LogP contribution in [0.25, 0.3) is 0 Å². The zero-order valence-corrected chi connectivity index (χ0v) is 11.0. The number of nitrogens with two attached hydrogens (primary N) is 1. The summed E-state index contributed by atoms with van der Waals surface area (Å²) in [7, 11) is 1.91. The van der Waals surface area contributed by atoms with E-state index < -0.39 is 0 Å². The molecule has 0 aromatic heterocycles. The van der Waals surface area contributed by atoms with Crippen LogP contribution in [0, 0.1) is 5.92 Å². The third-order valence-corrected chi connectivity index (χ3v) is 4.01. The highest BCUT2D eigenvalue weighted by Crippen LogP contribution is 2.27. The summed E-state index contributed by atoms with van der Waals surface area (Å²) in [6, 6.07) is 9.79. The minimum absolute atomic E-state index is 0.112. The van der Waals surface area contributed by atoms with E-state index in [2.05, 4.69) is 0 Å². The second-order valence-corrected chi connectivity index (χ2v) is 5.13. The maximum absolute atomic E-state index is 12.4. The maximum Gasteiger partial charge on any atom is 0.253 e. The highest BCUT2D eigenvalue weighted by Gasteiger charge is 2.30. The molecule has 1 aromatic carbocycles. The lowest BCUT2D eigenvalue weighted by molar-refractivity contribution is 0.0620. The smallest absolute Gasteiger partial charge is 0.253 e. The normalized spacial score (nSPS) is 23.7. The van der Waals surface area contributed by atoms with Crippen LogP contribution in [0.5, 0.6) is 0 Å². The van der Waals surface area contributed by atoms with E-state index in [0.717, 1.165) is 18.4 Å². The molecule has 0 aliphatic heterocycles. The largest absolute Gasteiger partial charge is 0.338 e. The summed E-state index contributed by atoms with van der Waals surface area (Å²) in [5, 5.41) is 0. The van der Waals surface area contributed by atoms with Gasteiger partial charge in [0.05, 0.1) is 0 Å². The lowest BCUT2D eigenvalue weighted by Gasteiger charge is -2.37. The van der Waals surface area contributed by atoms with Gasteiger partial charge in [-0.3, -0.25) is 4.79 Å². The van der Waals surface area contributed by atoms with E-state index in [9.17, 15) is 4.79 Å². The number of carbonyl (C=O) groups excluding carboxylic acids is 1. The van der Waals surface area contributed by atoms with Crippen molar-refractivity contribution < 1.29 is 4.79 Å². The van der Waals surface area contributed by atoms with Gasteiger partial charge in [-0.1, -0.05) is 31.0 Å². The van der Waals surface area contributed by atoms with Crippen LogP contribution in [0.15, 0.2) is 30.3 Å². The quantitative estimate of drug-likeness (QED) is 0.889. The van der Waals surface area contributed by atoms with E-state index in [1.165, 1.54) is 12.8 Å². The molecule has 0 bridgehead atoms. The Morgan fingerprint density at radius 3 is 2.61 bits per heavy atom. The summed E-state index contributed by atoms with van der Waals surface area (Å²) < 4.78 is 0. The van der Waals surface area contributed by atoms with E-state index in [0.29, 0.717) is 18.5 Å². The fraction of sp³-hybridized carbons (Fsp3) is 0.533. The number of amides is 1. The van der Waals surface area contributed by atoms with Gasteiger partial charge in [0.2, 0.25) is 0 Å². The molecule has 1 amide bonds. The van der Waals surface area contributed by atoms with Crippen LogP contribution in [0.1, 0.15) is 36.0 Å². The molecule has 1 fully saturated rings. The summed E-state index contributed by atoms with van der Waals surface area (Å²) >= 11 is 0. The second-order valence-electron chi connectivity index (χ2n) is 5.13. The molecule has 98 valence electrons. The number of carbonyl (C=O) groups is 1. The van der Waals surface area contributed by atoms with Gasteiger partial charge in [0, 0.05) is 18.7 Å². The van der Waals surface area contributed by atoms with Gasteiger partial charge in [0.15, 0.2) is 0 Å². The summed E-state index contributed by atoms with van der Waals surface area (Å²) in [5.41, 5.74) is 6.60. The average molecular weight is 246 g/mol. The predicted octanol–water partition coefficient (Wildman–Crippen LogP) is 2.28. The fourth-order valence-electron chi connectivity index (χ4n) is 2.91. The number of hydrogen-bond donors (Lipinski definition) is 1. The minimum atomic E-state index is 0.112. The first kappa shape index (κ1) is 13.1. The Hall–Kier alpha value is -1.35. The molecular formula is C15H22N2O. The SMILES string of the molecule is CN(C(=O)c1ccccc1)C1CCCCC1CN. The first-order chi connectivity index (χ1) is 8.74. The zero-order valence-electron chi connectivity index (χ0n) is 11.0.